The second-order valence-electron chi connectivity index (χ2n) is 8.53. The SMILES string of the molecule is C/C(C=N)=C/C(=C\N)NC(=O)C(=O)N1C[C@@H](C)N(C(=O)C2(C(F)(F)F)CC2)C[C@@H]1c1ccsc1. The lowest BCUT2D eigenvalue weighted by atomic mass is 9.97. The zero-order valence-electron chi connectivity index (χ0n) is 18.7. The topological polar surface area (TPSA) is 120 Å². The van der Waals surface area contributed by atoms with Crippen LogP contribution in [0.1, 0.15) is 38.3 Å². The standard InChI is InChI=1S/C22H26F3N5O3S/c1-13(8-26)7-16(9-27)28-18(31)19(32)30-10-14(2)29(11-17(30)15-3-6-34-12-15)20(33)21(4-5-21)22(23,24)25/h3,6-9,12,14,17,26H,4-5,10-11,27H2,1-2H3,(H,28,31)/b13-7-,16-9+,26-8?/t14-,17-/m1/s1. The average Bonchev–Trinajstić information content (AvgIpc) is 3.45. The van der Waals surface area contributed by atoms with E-state index in [0.29, 0.717) is 11.1 Å². The molecule has 1 aliphatic carbocycles. The van der Waals surface area contributed by atoms with Crippen molar-refractivity contribution in [2.75, 3.05) is 13.1 Å². The van der Waals surface area contributed by atoms with Gasteiger partial charge in [0.15, 0.2) is 0 Å². The quantitative estimate of drug-likeness (QED) is 0.329. The van der Waals surface area contributed by atoms with Crippen molar-refractivity contribution >= 4 is 35.3 Å². The number of amides is 3. The first-order valence-electron chi connectivity index (χ1n) is 10.6. The molecule has 0 spiro atoms. The first-order chi connectivity index (χ1) is 15.9. The van der Waals surface area contributed by atoms with Crippen LogP contribution in [0.15, 0.2) is 40.4 Å². The van der Waals surface area contributed by atoms with Crippen LogP contribution < -0.4 is 11.1 Å². The molecule has 2 fully saturated rings. The third kappa shape index (κ3) is 4.86. The maximum Gasteiger partial charge on any atom is 0.403 e. The number of halogens is 3. The highest BCUT2D eigenvalue weighted by atomic mass is 32.1. The first-order valence-corrected chi connectivity index (χ1v) is 11.5. The van der Waals surface area contributed by atoms with Gasteiger partial charge in [-0.3, -0.25) is 14.4 Å². The molecule has 2 heterocycles. The normalized spacial score (nSPS) is 22.9. The molecule has 8 nitrogen and oxygen atoms in total. The predicted molar refractivity (Wildman–Crippen MR) is 121 cm³/mol. The second-order valence-corrected chi connectivity index (χ2v) is 9.31. The van der Waals surface area contributed by atoms with E-state index in [1.165, 1.54) is 27.2 Å². The first kappa shape index (κ1) is 25.5. The number of rotatable bonds is 5. The summed E-state index contributed by atoms with van der Waals surface area (Å²) in [6, 6.07) is 0.214. The molecule has 1 aromatic heterocycles. The molecule has 3 amide bonds. The van der Waals surface area contributed by atoms with Gasteiger partial charge in [-0.15, -0.1) is 0 Å². The fraction of sp³-hybridized carbons (Fsp3) is 0.455. The Morgan fingerprint density at radius 3 is 2.44 bits per heavy atom. The molecule has 12 heteroatoms. The number of carbonyl (C=O) groups is 3. The lowest BCUT2D eigenvalue weighted by Gasteiger charge is -2.46. The Hall–Kier alpha value is -3.15. The smallest absolute Gasteiger partial charge is 0.403 e. The van der Waals surface area contributed by atoms with Gasteiger partial charge in [0.2, 0.25) is 5.91 Å². The van der Waals surface area contributed by atoms with Crippen LogP contribution in [0, 0.1) is 10.8 Å². The van der Waals surface area contributed by atoms with Gasteiger partial charge < -0.3 is 26.3 Å². The molecule has 2 aliphatic rings. The van der Waals surface area contributed by atoms with Gasteiger partial charge in [-0.25, -0.2) is 0 Å². The van der Waals surface area contributed by atoms with Crippen LogP contribution in [-0.4, -0.2) is 59.0 Å². The van der Waals surface area contributed by atoms with Crippen molar-refractivity contribution in [2.45, 2.75) is 44.9 Å². The maximum absolute atomic E-state index is 13.6. The summed E-state index contributed by atoms with van der Waals surface area (Å²) in [5.74, 6) is -2.86. The van der Waals surface area contributed by atoms with Gasteiger partial charge >= 0.3 is 18.0 Å². The van der Waals surface area contributed by atoms with Crippen LogP contribution in [0.5, 0.6) is 0 Å². The minimum atomic E-state index is -4.64. The maximum atomic E-state index is 13.6. The van der Waals surface area contributed by atoms with E-state index in [4.69, 9.17) is 11.1 Å². The monoisotopic (exact) mass is 497 g/mol. The number of nitrogens with two attached hydrogens (primary N) is 1. The van der Waals surface area contributed by atoms with Gasteiger partial charge in [0.25, 0.3) is 0 Å². The van der Waals surface area contributed by atoms with E-state index in [1.807, 2.05) is 0 Å². The highest BCUT2D eigenvalue weighted by Gasteiger charge is 2.70. The van der Waals surface area contributed by atoms with Crippen molar-refractivity contribution in [3.8, 4) is 0 Å². The zero-order valence-corrected chi connectivity index (χ0v) is 19.5. The summed E-state index contributed by atoms with van der Waals surface area (Å²) in [6.45, 7) is 2.92. The number of carbonyl (C=O) groups excluding carboxylic acids is 3. The number of piperazine rings is 1. The van der Waals surface area contributed by atoms with Gasteiger partial charge in [0.05, 0.1) is 11.7 Å². The Kier molecular flexibility index (Phi) is 7.20. The number of alkyl halides is 3. The molecule has 0 unspecified atom stereocenters. The van der Waals surface area contributed by atoms with Gasteiger partial charge in [-0.2, -0.15) is 24.5 Å². The van der Waals surface area contributed by atoms with Crippen LogP contribution in [0.4, 0.5) is 13.2 Å². The molecular formula is C22H26F3N5O3S. The number of allylic oxidation sites excluding steroid dienone is 2. The summed E-state index contributed by atoms with van der Waals surface area (Å²) in [5, 5.41) is 13.1. The molecule has 34 heavy (non-hydrogen) atoms. The fourth-order valence-electron chi connectivity index (χ4n) is 3.98. The fourth-order valence-corrected chi connectivity index (χ4v) is 4.69. The molecule has 0 radical (unpaired) electrons. The third-order valence-corrected chi connectivity index (χ3v) is 6.83. The summed E-state index contributed by atoms with van der Waals surface area (Å²) in [7, 11) is 0. The van der Waals surface area contributed by atoms with E-state index in [0.717, 1.165) is 12.4 Å². The minimum absolute atomic E-state index is 0.108. The van der Waals surface area contributed by atoms with Gasteiger partial charge in [0, 0.05) is 31.5 Å². The van der Waals surface area contributed by atoms with Crippen molar-refractivity contribution in [2.24, 2.45) is 11.1 Å². The van der Waals surface area contributed by atoms with E-state index in [9.17, 15) is 27.6 Å². The van der Waals surface area contributed by atoms with Gasteiger partial charge in [-0.1, -0.05) is 0 Å². The largest absolute Gasteiger partial charge is 0.403 e. The van der Waals surface area contributed by atoms with Crippen molar-refractivity contribution in [3.05, 3.63) is 45.9 Å². The van der Waals surface area contributed by atoms with Gasteiger partial charge in [-0.05, 0) is 60.7 Å². The number of nitrogens with zero attached hydrogens (tertiary/aromatic N) is 2. The molecule has 1 aliphatic heterocycles. The lowest BCUT2D eigenvalue weighted by Crippen LogP contribution is -2.60. The molecule has 1 saturated heterocycles. The Morgan fingerprint density at radius 2 is 1.94 bits per heavy atom. The zero-order chi connectivity index (χ0) is 25.3. The van der Waals surface area contributed by atoms with Crippen LogP contribution in [0.3, 0.4) is 0 Å². The molecule has 184 valence electrons. The van der Waals surface area contributed by atoms with E-state index >= 15 is 0 Å². The number of hydrogen-bond donors (Lipinski definition) is 3. The van der Waals surface area contributed by atoms with Crippen molar-refractivity contribution < 1.29 is 27.6 Å². The van der Waals surface area contributed by atoms with Crippen LogP contribution in [-0.2, 0) is 14.4 Å². The highest BCUT2D eigenvalue weighted by Crippen LogP contribution is 2.59. The summed E-state index contributed by atoms with van der Waals surface area (Å²) in [4.78, 5) is 41.2. The highest BCUT2D eigenvalue weighted by molar-refractivity contribution is 7.08. The van der Waals surface area contributed by atoms with Crippen LogP contribution >= 0.6 is 11.3 Å². The van der Waals surface area contributed by atoms with E-state index < -0.39 is 41.4 Å². The summed E-state index contributed by atoms with van der Waals surface area (Å²) in [5.41, 5.74) is 4.38. The van der Waals surface area contributed by atoms with Crippen molar-refractivity contribution in [1.29, 1.82) is 5.41 Å². The number of thiophene rings is 1. The molecule has 2 atom stereocenters. The molecule has 1 aromatic rings. The Bertz CT molecular complexity index is 1030. The third-order valence-electron chi connectivity index (χ3n) is 6.13. The van der Waals surface area contributed by atoms with Crippen molar-refractivity contribution in [1.82, 2.24) is 15.1 Å². The summed E-state index contributed by atoms with van der Waals surface area (Å²) >= 11 is 1.33. The van der Waals surface area contributed by atoms with Gasteiger partial charge in [0.1, 0.15) is 5.41 Å². The second kappa shape index (κ2) is 9.61. The average molecular weight is 498 g/mol. The van der Waals surface area contributed by atoms with E-state index in [-0.39, 0.29) is 31.6 Å². The Morgan fingerprint density at radius 1 is 1.26 bits per heavy atom. The Labute approximate surface area is 198 Å². The summed E-state index contributed by atoms with van der Waals surface area (Å²) < 4.78 is 40.7. The number of nitrogens with one attached hydrogen (secondary N) is 2. The van der Waals surface area contributed by atoms with Crippen LogP contribution in [0.25, 0.3) is 0 Å². The molecule has 0 aromatic carbocycles. The van der Waals surface area contributed by atoms with E-state index in [2.05, 4.69) is 5.32 Å². The molecule has 3 rings (SSSR count). The summed E-state index contributed by atoms with van der Waals surface area (Å²) in [6.07, 6.45) is -1.58. The van der Waals surface area contributed by atoms with Crippen molar-refractivity contribution in [3.63, 3.8) is 0 Å². The number of hydrogen-bond acceptors (Lipinski definition) is 6. The van der Waals surface area contributed by atoms with Crippen LogP contribution in [0.2, 0.25) is 0 Å². The minimum Gasteiger partial charge on any atom is -0.403 e. The predicted octanol–water partition coefficient (Wildman–Crippen LogP) is 2.70. The molecule has 4 N–H and O–H groups in total. The molecule has 0 bridgehead atoms. The lowest BCUT2D eigenvalue weighted by molar-refractivity contribution is -0.201. The molecule has 1 saturated carbocycles. The molecular weight excluding hydrogens is 471 g/mol. The van der Waals surface area contributed by atoms with E-state index in [1.54, 1.807) is 30.7 Å². The Balaban J connectivity index is 1.84.